The number of ether oxygens (including phenoxy) is 9. The number of likely N-dealkylation sites (tertiary alicyclic amines) is 4. The van der Waals surface area contributed by atoms with Crippen molar-refractivity contribution in [2.45, 2.75) is 235 Å². The van der Waals surface area contributed by atoms with Crippen LogP contribution in [0.25, 0.3) is 0 Å². The molecule has 10 heterocycles. The number of aryl methyl sites for hydroxylation is 3. The summed E-state index contributed by atoms with van der Waals surface area (Å²) in [5.74, 6) is 12.2. The van der Waals surface area contributed by atoms with Gasteiger partial charge >= 0.3 is 110 Å². The molecule has 0 unspecified atom stereocenters. The zero-order chi connectivity index (χ0) is 94.4. The van der Waals surface area contributed by atoms with Crippen LogP contribution < -0.4 is 150 Å². The number of ketones is 1. The standard InChI is InChI=1S/C22H25NO2.C20H23NO4.C19H21NO2.C18H19NO3.C18H19NO2.C7H7Br.C4H7Cl.2CH2O3.K.2Na.H/c1-13-3-6-15-11-17-16-7-8-18(24-2)21-22(16,19(15)20(13)25-21)9-10-23(17)12-14-4-5-14;22-13-4-3-12-9-15-20(24)6-5-14(23)18-19(20,16(12)17(13)25-18)7-8-21(15)10-11-1-2-11;1-11-4-5-12-10-14-13-6-7-15(21-3)18-19(13,8-9-20(14)2)16(12)17(11)22-18;1-19-8-7-18-11-4-6-14(21-2)17(18)22-16-13(20)5-3-10(15(16)18)9-12(11)19;1-10-3-4-11-9-13-12-5-6-14(20-2)17-18(12,7-8-19-13)15(11)16(10)21-17;8-6-7-4-2-1-3-5-7;5-3-4-1-2-4;2*2-1-4-3;;;;/h3,6-8,14,17,21H,4-5,9-12H2,1-2H3;3-4,11,15,18,22,24H,1-2,5-10H2;4-7,14,18H,8-10H2,1-3H3;3-6,12,17,20H,7-9H2,1-2H3;3-6,13,17,19H,7-9H2,1-2H3;1-5H,6H2;4H,1-3H2;2*1,3H;;;;/q;;;;;;;;;3*+1;-1/p-2/t17-,21+,22+;15-,18+,19+,20-;14-,18+,19+;12-,17+,18+;13-,17+,18+;;;;;;;;/m11111......../s1. The van der Waals surface area contributed by atoms with E-state index < -0.39 is 17.1 Å². The largest absolute Gasteiger partial charge is 1.00 e. The van der Waals surface area contributed by atoms with Gasteiger partial charge in [0.15, 0.2) is 59.3 Å². The van der Waals surface area contributed by atoms with Crippen molar-refractivity contribution >= 4 is 46.3 Å². The first-order valence-corrected chi connectivity index (χ1v) is 50.5. The Morgan fingerprint density at radius 2 is 0.856 bits per heavy atom. The van der Waals surface area contributed by atoms with Crippen molar-refractivity contribution in [1.29, 1.82) is 0 Å². The first-order valence-electron chi connectivity index (χ1n) is 48.8. The SMILES string of the molecule is BrCc1ccccc1.COC1=CC=C2[C@H]3Cc4ccc(C)c5c4[C@@]2(CCN3)[C@H]1O5.COC1=CC=C2[C@H]3Cc4ccc(C)c5c4[C@@]2(CCN3C)[C@H]1O5.COC1=CC=C2[C@H]3Cc4ccc(C)c5c4[C@@]2(CCN3CC2CC2)[C@H]1O5.COC1=CC=C2[C@H]3Cc4ccc(O)c5c4[C@@]2(CCN3C)[C@H]1O5.ClCC1CC1.O=C1CC[C@@]2(O)[C@H]3Cc4ccc(O)c5c4[C@@]2(CCN3CC2CC2)[C@H]1O5.O=CO[O-].O=CO[O-].[H-].[K+].[Na+].[Na+]. The van der Waals surface area contributed by atoms with Crippen molar-refractivity contribution in [1.82, 2.24) is 24.9 Å². The molecule has 13 aliphatic carbocycles. The van der Waals surface area contributed by atoms with Crippen LogP contribution in [0.3, 0.4) is 0 Å². The number of hydrogen-bond acceptors (Lipinski definition) is 24. The minimum atomic E-state index is -0.940. The molecule has 0 amide bonds. The topological polar surface area (TPSA) is 285 Å². The molecule has 5 spiro atoms. The van der Waals surface area contributed by atoms with Gasteiger partial charge < -0.3 is 85.0 Å². The number of alkyl halides is 2. The minimum absolute atomic E-state index is 0. The number of Topliss-reactive ketones (excluding diaryl/α,β-unsaturated/α-hetero) is 1. The molecule has 6 aromatic carbocycles. The van der Waals surface area contributed by atoms with E-state index in [1.807, 2.05) is 30.3 Å². The smallest absolute Gasteiger partial charge is 1.00 e. The number of aliphatic hydroxyl groups is 1. The number of likely N-dealkylation sites (N-methyl/N-ethyl adjacent to an activating group) is 2. The Morgan fingerprint density at radius 1 is 0.475 bits per heavy atom. The molecular weight excluding hydrogens is 1900 g/mol. The molecule has 0 radical (unpaired) electrons. The maximum Gasteiger partial charge on any atom is 1.00 e. The molecule has 29 rings (SSSR count). The second-order valence-electron chi connectivity index (χ2n) is 41.2. The summed E-state index contributed by atoms with van der Waals surface area (Å²) in [7, 11) is 11.4. The van der Waals surface area contributed by atoms with E-state index in [2.05, 4.69) is 183 Å². The van der Waals surface area contributed by atoms with Crippen LogP contribution in [0.15, 0.2) is 185 Å². The van der Waals surface area contributed by atoms with Crippen molar-refractivity contribution in [2.75, 3.05) is 94.2 Å². The number of hydrogen-bond donors (Lipinski definition) is 4. The third kappa shape index (κ3) is 16.6. The Kier molecular flexibility index (Phi) is 30.2. The summed E-state index contributed by atoms with van der Waals surface area (Å²) in [6.07, 6.45) is 36.1. The Hall–Kier alpha value is -6.26. The molecule has 16 atom stereocenters. The molecule has 4 N–H and O–H groups in total. The summed E-state index contributed by atoms with van der Waals surface area (Å²) in [5.41, 5.74) is 22.7. The monoisotopic (exact) mass is 2020 g/mol. The molecule has 10 aliphatic heterocycles. The summed E-state index contributed by atoms with van der Waals surface area (Å²) < 4.78 is 54.5. The Bertz CT molecular complexity index is 5930. The normalized spacial score (nSPS) is 31.5. The van der Waals surface area contributed by atoms with E-state index in [0.29, 0.717) is 48.5 Å². The van der Waals surface area contributed by atoms with Crippen LogP contribution in [-0.2, 0) is 108 Å². The zero-order valence-electron chi connectivity index (χ0n) is 82.9. The molecule has 720 valence electrons. The van der Waals surface area contributed by atoms with E-state index in [1.165, 1.54) is 135 Å². The van der Waals surface area contributed by atoms with E-state index in [1.54, 1.807) is 46.1 Å². The van der Waals surface area contributed by atoms with E-state index >= 15 is 0 Å². The van der Waals surface area contributed by atoms with Gasteiger partial charge in [-0.05, 0) is 297 Å². The second kappa shape index (κ2) is 40.9. The van der Waals surface area contributed by atoms with Crippen molar-refractivity contribution in [2.24, 2.45) is 17.8 Å². The van der Waals surface area contributed by atoms with Crippen molar-refractivity contribution in [3.05, 3.63) is 263 Å². The van der Waals surface area contributed by atoms with E-state index in [0.717, 1.165) is 177 Å². The number of phenolic OH excluding ortho intramolecular Hbond substituents is 2. The molecule has 10 bridgehead atoms. The summed E-state index contributed by atoms with van der Waals surface area (Å²) in [4.78, 5) is 45.4. The van der Waals surface area contributed by atoms with Crippen LogP contribution in [0.1, 0.15) is 163 Å². The Morgan fingerprint density at radius 3 is 1.29 bits per heavy atom. The van der Waals surface area contributed by atoms with Crippen LogP contribution in [0.2, 0.25) is 0 Å². The van der Waals surface area contributed by atoms with Gasteiger partial charge in [0, 0.05) is 95.3 Å². The summed E-state index contributed by atoms with van der Waals surface area (Å²) in [5, 5.41) is 54.1. The molecule has 0 aromatic heterocycles. The Balaban J connectivity index is 0.000000114. The molecule has 9 fully saturated rings. The van der Waals surface area contributed by atoms with E-state index in [-0.39, 0.29) is 194 Å². The third-order valence-corrected chi connectivity index (χ3v) is 35.7. The number of carbonyl (C=O) groups is 3. The maximum atomic E-state index is 12.7. The molecule has 6 aromatic rings. The predicted molar refractivity (Wildman–Crippen MR) is 512 cm³/mol. The summed E-state index contributed by atoms with van der Waals surface area (Å²) in [6.45, 7) is 13.7. The number of allylic oxidation sites excluding steroid dienone is 8. The molecule has 23 aliphatic rings. The van der Waals surface area contributed by atoms with Gasteiger partial charge in [0.25, 0.3) is 12.9 Å². The first-order chi connectivity index (χ1) is 66.0. The van der Waals surface area contributed by atoms with Gasteiger partial charge in [-0.2, -0.15) is 0 Å². The number of piperidine rings is 5. The van der Waals surface area contributed by atoms with Gasteiger partial charge in [0.1, 0.15) is 40.3 Å². The number of methoxy groups -OCH3 is 4. The molecule has 29 heteroatoms. The fourth-order valence-electron chi connectivity index (χ4n) is 27.8. The number of phenols is 2. The number of carbonyl (C=O) groups excluding carboxylic acids is 3. The van der Waals surface area contributed by atoms with Gasteiger partial charge in [-0.1, -0.05) is 119 Å². The van der Waals surface area contributed by atoms with E-state index in [9.17, 15) is 20.1 Å². The molecular formula is C110H124BrClKN5Na2O19. The number of rotatable bonds is 12. The van der Waals surface area contributed by atoms with Gasteiger partial charge in [-0.3, -0.25) is 34.0 Å². The van der Waals surface area contributed by atoms with Gasteiger partial charge in [0.05, 0.1) is 61.1 Å². The number of nitrogens with one attached hydrogen (secondary N) is 1. The number of halogens is 2. The summed E-state index contributed by atoms with van der Waals surface area (Å²) in [6, 6.07) is 33.3. The fourth-order valence-corrected chi connectivity index (χ4v) is 28.5. The van der Waals surface area contributed by atoms with Gasteiger partial charge in [0.2, 0.25) is 0 Å². The average Bonchev–Trinajstić information content (AvgIpc) is 1.48. The third-order valence-electron chi connectivity index (χ3n) is 34.6. The van der Waals surface area contributed by atoms with Crippen molar-refractivity contribution in [3.8, 4) is 40.2 Å². The minimum Gasteiger partial charge on any atom is -1.00 e. The van der Waals surface area contributed by atoms with Gasteiger partial charge in [-0.15, -0.1) is 11.6 Å². The Labute approximate surface area is 916 Å². The van der Waals surface area contributed by atoms with Crippen LogP contribution >= 0.6 is 27.5 Å². The molecule has 5 saturated heterocycles. The zero-order valence-corrected chi connectivity index (χ0v) is 91.4. The van der Waals surface area contributed by atoms with Crippen LogP contribution in [0, 0.1) is 38.5 Å². The quantitative estimate of drug-likeness (QED) is 0.0432. The number of aromatic hydroxyl groups is 2. The summed E-state index contributed by atoms with van der Waals surface area (Å²) >= 11 is 8.76. The molecule has 139 heavy (non-hydrogen) atoms. The number of nitrogens with zero attached hydrogens (tertiary/aromatic N) is 4. The second-order valence-corrected chi connectivity index (χ2v) is 42.1. The van der Waals surface area contributed by atoms with Crippen LogP contribution in [-0.4, -0.2) is 214 Å². The predicted octanol–water partition coefficient (Wildman–Crippen LogP) is 4.47. The van der Waals surface area contributed by atoms with Crippen molar-refractivity contribution < 1.29 is 205 Å². The maximum absolute atomic E-state index is 12.7. The number of benzene rings is 6. The first kappa shape index (κ1) is 103. The van der Waals surface area contributed by atoms with Gasteiger partial charge in [-0.25, -0.2) is 0 Å². The van der Waals surface area contributed by atoms with Crippen molar-refractivity contribution in [3.63, 3.8) is 0 Å². The van der Waals surface area contributed by atoms with Crippen LogP contribution in [0.4, 0.5) is 0 Å². The average molecular weight is 2020 g/mol. The fraction of sp³-hybridized carbons (Fsp3) is 0.500. The molecule has 24 nitrogen and oxygen atoms in total. The van der Waals surface area contributed by atoms with Crippen LogP contribution in [0.5, 0.6) is 40.2 Å². The molecule has 4 saturated carbocycles. The van der Waals surface area contributed by atoms with E-state index in [4.69, 9.17) is 74.3 Å².